The Balaban J connectivity index is 1.51. The van der Waals surface area contributed by atoms with Gasteiger partial charge in [-0.15, -0.1) is 10.2 Å². The lowest BCUT2D eigenvalue weighted by Gasteiger charge is -2.15. The normalized spacial score (nSPS) is 11.6. The Hall–Kier alpha value is -3.36. The highest BCUT2D eigenvalue weighted by molar-refractivity contribution is 5.84. The molecule has 2 aromatic heterocycles. The van der Waals surface area contributed by atoms with Crippen LogP contribution in [0.1, 0.15) is 19.2 Å². The smallest absolute Gasteiger partial charge is 0.243 e. The number of fused-ring (bicyclic) bond motifs is 1. The van der Waals surface area contributed by atoms with E-state index in [0.717, 1.165) is 38.3 Å². The number of hydrogen-bond donors (Lipinski definition) is 2. The van der Waals surface area contributed by atoms with Crippen LogP contribution in [0.25, 0.3) is 10.9 Å². The second-order valence-electron chi connectivity index (χ2n) is 7.52. The van der Waals surface area contributed by atoms with Crippen molar-refractivity contribution in [3.8, 4) is 0 Å². The Bertz CT molecular complexity index is 1000. The van der Waals surface area contributed by atoms with Crippen LogP contribution < -0.4 is 10.6 Å². The molecular formula is C22H32N8O. The van der Waals surface area contributed by atoms with Crippen molar-refractivity contribution in [3.63, 3.8) is 0 Å². The number of aryl methyl sites for hydroxylation is 2. The average molecular weight is 425 g/mol. The zero-order valence-electron chi connectivity index (χ0n) is 18.6. The second-order valence-corrected chi connectivity index (χ2v) is 7.52. The molecule has 0 spiro atoms. The lowest BCUT2D eigenvalue weighted by atomic mass is 10.2. The minimum Gasteiger partial charge on any atom is -0.356 e. The zero-order valence-corrected chi connectivity index (χ0v) is 18.6. The van der Waals surface area contributed by atoms with Crippen LogP contribution in [0.2, 0.25) is 0 Å². The van der Waals surface area contributed by atoms with Crippen LogP contribution in [0.15, 0.2) is 47.8 Å². The molecule has 31 heavy (non-hydrogen) atoms. The van der Waals surface area contributed by atoms with E-state index in [4.69, 9.17) is 0 Å². The van der Waals surface area contributed by atoms with Crippen molar-refractivity contribution in [1.29, 1.82) is 0 Å². The largest absolute Gasteiger partial charge is 0.356 e. The Kier molecular flexibility index (Phi) is 8.03. The first-order valence-electron chi connectivity index (χ1n) is 10.7. The van der Waals surface area contributed by atoms with Gasteiger partial charge in [-0.1, -0.05) is 25.1 Å². The zero-order chi connectivity index (χ0) is 22.1. The topological polar surface area (TPSA) is 92.4 Å². The fraction of sp³-hybridized carbons (Fsp3) is 0.455. The van der Waals surface area contributed by atoms with E-state index in [9.17, 15) is 4.79 Å². The maximum absolute atomic E-state index is 11.9. The van der Waals surface area contributed by atoms with Crippen molar-refractivity contribution in [2.24, 2.45) is 4.99 Å². The number of amides is 1. The molecule has 166 valence electrons. The molecule has 0 saturated heterocycles. The maximum atomic E-state index is 11.9. The number of aliphatic imine (C=N–C) groups is 1. The fourth-order valence-corrected chi connectivity index (χ4v) is 3.29. The number of benzene rings is 1. The molecule has 0 saturated carbocycles. The summed E-state index contributed by atoms with van der Waals surface area (Å²) in [4.78, 5) is 17.9. The summed E-state index contributed by atoms with van der Waals surface area (Å²) >= 11 is 0. The molecule has 1 aromatic carbocycles. The molecule has 3 rings (SSSR count). The van der Waals surface area contributed by atoms with Crippen LogP contribution in [0.3, 0.4) is 0 Å². The van der Waals surface area contributed by atoms with E-state index < -0.39 is 0 Å². The van der Waals surface area contributed by atoms with E-state index in [1.165, 1.54) is 10.9 Å². The minimum absolute atomic E-state index is 0.0352. The summed E-state index contributed by atoms with van der Waals surface area (Å²) in [7, 11) is 3.47. The van der Waals surface area contributed by atoms with Crippen molar-refractivity contribution in [3.05, 3.63) is 48.7 Å². The number of guanidine groups is 1. The summed E-state index contributed by atoms with van der Waals surface area (Å²) in [5, 5.41) is 16.0. The summed E-state index contributed by atoms with van der Waals surface area (Å²) < 4.78 is 4.28. The van der Waals surface area contributed by atoms with Gasteiger partial charge in [0.1, 0.15) is 18.7 Å². The lowest BCUT2D eigenvalue weighted by Crippen LogP contribution is -2.40. The number of carbonyl (C=O) groups excluding carboxylic acids is 1. The van der Waals surface area contributed by atoms with Gasteiger partial charge >= 0.3 is 0 Å². The molecule has 9 nitrogen and oxygen atoms in total. The minimum atomic E-state index is -0.0352. The highest BCUT2D eigenvalue weighted by Crippen LogP contribution is 2.15. The molecular weight excluding hydrogens is 392 g/mol. The number of likely N-dealkylation sites (N-methyl/N-ethyl adjacent to an activating group) is 1. The summed E-state index contributed by atoms with van der Waals surface area (Å²) in [5.74, 6) is 1.56. The maximum Gasteiger partial charge on any atom is 0.243 e. The molecule has 3 aromatic rings. The van der Waals surface area contributed by atoms with Crippen molar-refractivity contribution >= 4 is 22.8 Å². The van der Waals surface area contributed by atoms with Gasteiger partial charge in [0.05, 0.1) is 0 Å². The van der Waals surface area contributed by atoms with Gasteiger partial charge in [-0.25, -0.2) is 4.99 Å². The van der Waals surface area contributed by atoms with Gasteiger partial charge in [0, 0.05) is 58.4 Å². The van der Waals surface area contributed by atoms with Crippen molar-refractivity contribution in [1.82, 2.24) is 34.9 Å². The van der Waals surface area contributed by atoms with Crippen LogP contribution >= 0.6 is 0 Å². The number of nitrogens with zero attached hydrogens (tertiary/aromatic N) is 6. The fourth-order valence-electron chi connectivity index (χ4n) is 3.29. The van der Waals surface area contributed by atoms with Crippen LogP contribution in [0.4, 0.5) is 0 Å². The van der Waals surface area contributed by atoms with Gasteiger partial charge < -0.3 is 24.7 Å². The number of aromatic nitrogens is 4. The van der Waals surface area contributed by atoms with Gasteiger partial charge in [0.2, 0.25) is 5.91 Å². The second kappa shape index (κ2) is 11.1. The first-order chi connectivity index (χ1) is 15.1. The standard InChI is InChI=1S/C22H32N8O/c1-4-20-27-26-17-30(20)15-12-24-22(25-16-21(31)28(2)3)23-11-7-13-29-14-10-18-8-5-6-9-19(18)29/h5-6,8-10,14,17H,4,7,11-13,15-16H2,1-3H3,(H2,23,24,25). The molecule has 0 aliphatic carbocycles. The Morgan fingerprint density at radius 3 is 2.71 bits per heavy atom. The molecule has 2 heterocycles. The monoisotopic (exact) mass is 424 g/mol. The van der Waals surface area contributed by atoms with E-state index in [-0.39, 0.29) is 12.5 Å². The van der Waals surface area contributed by atoms with Gasteiger partial charge in [0.25, 0.3) is 0 Å². The van der Waals surface area contributed by atoms with Crippen LogP contribution in [0.5, 0.6) is 0 Å². The van der Waals surface area contributed by atoms with Crippen molar-refractivity contribution in [2.75, 3.05) is 33.7 Å². The highest BCUT2D eigenvalue weighted by Gasteiger charge is 2.06. The molecule has 0 aliphatic rings. The highest BCUT2D eigenvalue weighted by atomic mass is 16.2. The van der Waals surface area contributed by atoms with E-state index in [0.29, 0.717) is 12.5 Å². The van der Waals surface area contributed by atoms with Crippen LogP contribution in [0, 0.1) is 0 Å². The number of para-hydroxylation sites is 1. The third-order valence-electron chi connectivity index (χ3n) is 5.08. The number of nitrogens with one attached hydrogen (secondary N) is 2. The lowest BCUT2D eigenvalue weighted by molar-refractivity contribution is -0.127. The average Bonchev–Trinajstić information content (AvgIpc) is 3.40. The van der Waals surface area contributed by atoms with Crippen molar-refractivity contribution < 1.29 is 4.79 Å². The first-order valence-corrected chi connectivity index (χ1v) is 10.7. The Morgan fingerprint density at radius 1 is 1.10 bits per heavy atom. The van der Waals surface area contributed by atoms with E-state index in [1.807, 2.05) is 4.57 Å². The molecule has 0 fully saturated rings. The predicted molar refractivity (Wildman–Crippen MR) is 123 cm³/mol. The van der Waals surface area contributed by atoms with Crippen LogP contribution in [-0.4, -0.2) is 69.8 Å². The van der Waals surface area contributed by atoms with Gasteiger partial charge in [-0.05, 0) is 23.9 Å². The third-order valence-corrected chi connectivity index (χ3v) is 5.08. The molecule has 0 unspecified atom stereocenters. The quantitative estimate of drug-likeness (QED) is 0.292. The van der Waals surface area contributed by atoms with Crippen LogP contribution in [-0.2, 0) is 24.3 Å². The molecule has 2 N–H and O–H groups in total. The molecule has 9 heteroatoms. The SMILES string of the molecule is CCc1nncn1CCNC(=NCC(=O)N(C)C)NCCCn1ccc2ccccc21. The molecule has 1 amide bonds. The molecule has 0 bridgehead atoms. The Labute approximate surface area is 183 Å². The van der Waals surface area contributed by atoms with Gasteiger partial charge in [-0.3, -0.25) is 4.79 Å². The van der Waals surface area contributed by atoms with Gasteiger partial charge in [-0.2, -0.15) is 0 Å². The molecule has 0 atom stereocenters. The number of rotatable bonds is 10. The molecule has 0 radical (unpaired) electrons. The summed E-state index contributed by atoms with van der Waals surface area (Å²) in [6.07, 6.45) is 5.64. The van der Waals surface area contributed by atoms with E-state index >= 15 is 0 Å². The van der Waals surface area contributed by atoms with E-state index in [1.54, 1.807) is 25.3 Å². The number of hydrogen-bond acceptors (Lipinski definition) is 4. The summed E-state index contributed by atoms with van der Waals surface area (Å²) in [5.41, 5.74) is 1.24. The van der Waals surface area contributed by atoms with Gasteiger partial charge in [0.15, 0.2) is 5.96 Å². The third kappa shape index (κ3) is 6.31. The Morgan fingerprint density at radius 2 is 1.90 bits per heavy atom. The summed E-state index contributed by atoms with van der Waals surface area (Å²) in [6, 6.07) is 10.5. The van der Waals surface area contributed by atoms with E-state index in [2.05, 4.69) is 73.8 Å². The summed E-state index contributed by atoms with van der Waals surface area (Å²) in [6.45, 7) is 5.22. The first kappa shape index (κ1) is 22.3. The number of carbonyl (C=O) groups is 1. The molecule has 0 aliphatic heterocycles. The van der Waals surface area contributed by atoms with Crippen molar-refractivity contribution in [2.45, 2.75) is 32.9 Å². The predicted octanol–water partition coefficient (Wildman–Crippen LogP) is 1.51.